The van der Waals surface area contributed by atoms with E-state index in [2.05, 4.69) is 5.32 Å². The van der Waals surface area contributed by atoms with Gasteiger partial charge >= 0.3 is 5.97 Å². The zero-order valence-corrected chi connectivity index (χ0v) is 18.3. The number of nitrogens with one attached hydrogen (secondary N) is 1. The Hall–Kier alpha value is -1.57. The Labute approximate surface area is 166 Å². The predicted molar refractivity (Wildman–Crippen MR) is 108 cm³/mol. The monoisotopic (exact) mass is 402 g/mol. The lowest BCUT2D eigenvalue weighted by atomic mass is 9.85. The molecular formula is C19H34N2O5S. The molecule has 0 fully saturated rings. The lowest BCUT2D eigenvalue weighted by Gasteiger charge is -2.32. The molecule has 0 aromatic rings. The molecule has 0 saturated heterocycles. The van der Waals surface area contributed by atoms with Crippen molar-refractivity contribution in [3.8, 4) is 0 Å². The molecular weight excluding hydrogens is 368 g/mol. The number of rotatable bonds is 12. The topological polar surface area (TPSA) is 104 Å². The fraction of sp³-hybridized carbons (Fsp3) is 0.789. The van der Waals surface area contributed by atoms with Crippen molar-refractivity contribution < 1.29 is 24.3 Å². The highest BCUT2D eigenvalue weighted by molar-refractivity contribution is 8.01. The third-order valence-electron chi connectivity index (χ3n) is 4.42. The van der Waals surface area contributed by atoms with Crippen LogP contribution in [-0.2, 0) is 19.2 Å². The highest BCUT2D eigenvalue weighted by Crippen LogP contribution is 2.36. The van der Waals surface area contributed by atoms with E-state index < -0.39 is 16.6 Å². The van der Waals surface area contributed by atoms with E-state index in [4.69, 9.17) is 5.11 Å². The molecule has 0 heterocycles. The van der Waals surface area contributed by atoms with Crippen molar-refractivity contribution in [1.82, 2.24) is 10.2 Å². The summed E-state index contributed by atoms with van der Waals surface area (Å²) in [5, 5.41) is 11.7. The molecule has 2 N–H and O–H groups in total. The molecule has 0 spiro atoms. The molecule has 0 aliphatic heterocycles. The zero-order valence-electron chi connectivity index (χ0n) is 17.5. The van der Waals surface area contributed by atoms with Gasteiger partial charge in [0, 0.05) is 37.7 Å². The molecule has 27 heavy (non-hydrogen) atoms. The number of carbonyl (C=O) groups excluding carboxylic acids is 3. The largest absolute Gasteiger partial charge is 0.481 e. The van der Waals surface area contributed by atoms with Gasteiger partial charge in [-0.25, -0.2) is 0 Å². The predicted octanol–water partition coefficient (Wildman–Crippen LogP) is 2.19. The van der Waals surface area contributed by atoms with Crippen molar-refractivity contribution in [3.05, 3.63) is 0 Å². The SMILES string of the molecule is CC(=O)C(C)(CC(CC(C)C(=O)NC(C)C)C(=O)N(C)C)SCCC(=O)O. The second-order valence-corrected chi connectivity index (χ2v) is 9.31. The quantitative estimate of drug-likeness (QED) is 0.519. The number of ketones is 1. The minimum atomic E-state index is -0.923. The maximum absolute atomic E-state index is 12.7. The lowest BCUT2D eigenvalue weighted by molar-refractivity contribution is -0.137. The fourth-order valence-electron chi connectivity index (χ4n) is 2.74. The fourth-order valence-corrected chi connectivity index (χ4v) is 3.98. The van der Waals surface area contributed by atoms with Gasteiger partial charge in [0.25, 0.3) is 0 Å². The normalized spacial score (nSPS) is 15.6. The van der Waals surface area contributed by atoms with Crippen molar-refractivity contribution in [2.45, 2.75) is 64.7 Å². The minimum absolute atomic E-state index is 0.0111. The average Bonchev–Trinajstić information content (AvgIpc) is 2.51. The molecule has 8 heteroatoms. The van der Waals surface area contributed by atoms with Gasteiger partial charge < -0.3 is 15.3 Å². The molecule has 0 aromatic carbocycles. The Balaban J connectivity index is 5.36. The summed E-state index contributed by atoms with van der Waals surface area (Å²) in [6, 6.07) is 0.0111. The van der Waals surface area contributed by atoms with E-state index >= 15 is 0 Å². The summed E-state index contributed by atoms with van der Waals surface area (Å²) in [6.45, 7) is 8.73. The molecule has 3 unspecified atom stereocenters. The van der Waals surface area contributed by atoms with Gasteiger partial charge in [-0.15, -0.1) is 11.8 Å². The first-order valence-corrected chi connectivity index (χ1v) is 10.2. The van der Waals surface area contributed by atoms with E-state index in [-0.39, 0.29) is 48.2 Å². The van der Waals surface area contributed by atoms with Crippen molar-refractivity contribution in [3.63, 3.8) is 0 Å². The van der Waals surface area contributed by atoms with Crippen molar-refractivity contribution in [2.24, 2.45) is 11.8 Å². The van der Waals surface area contributed by atoms with Crippen LogP contribution in [0.2, 0.25) is 0 Å². The molecule has 0 bridgehead atoms. The van der Waals surface area contributed by atoms with Gasteiger partial charge in [0.15, 0.2) is 0 Å². The first kappa shape index (κ1) is 25.4. The van der Waals surface area contributed by atoms with E-state index in [1.54, 1.807) is 27.9 Å². The van der Waals surface area contributed by atoms with Crippen LogP contribution in [0.25, 0.3) is 0 Å². The van der Waals surface area contributed by atoms with Crippen LogP contribution in [0, 0.1) is 11.8 Å². The number of hydrogen-bond acceptors (Lipinski definition) is 5. The standard InChI is InChI=1S/C19H34N2O5S/c1-12(2)20-17(25)13(3)10-15(18(26)21(6)7)11-19(5,14(4)22)27-9-8-16(23)24/h12-13,15H,8-11H2,1-7H3,(H,20,25)(H,23,24). The van der Waals surface area contributed by atoms with Crippen LogP contribution in [0.1, 0.15) is 53.9 Å². The van der Waals surface area contributed by atoms with Crippen LogP contribution >= 0.6 is 11.8 Å². The van der Waals surface area contributed by atoms with Crippen LogP contribution in [0.4, 0.5) is 0 Å². The van der Waals surface area contributed by atoms with Gasteiger partial charge in [-0.3, -0.25) is 19.2 Å². The summed E-state index contributed by atoms with van der Waals surface area (Å²) in [4.78, 5) is 49.5. The van der Waals surface area contributed by atoms with Gasteiger partial charge in [-0.2, -0.15) is 0 Å². The number of Topliss-reactive ketones (excluding diaryl/α,β-unsaturated/α-hetero) is 1. The number of carbonyl (C=O) groups is 4. The van der Waals surface area contributed by atoms with Crippen LogP contribution in [-0.4, -0.2) is 64.2 Å². The third kappa shape index (κ3) is 9.26. The molecule has 0 aliphatic rings. The van der Waals surface area contributed by atoms with Crippen molar-refractivity contribution >= 4 is 35.3 Å². The number of amides is 2. The molecule has 3 atom stereocenters. The third-order valence-corrected chi connectivity index (χ3v) is 5.92. The number of thioether (sulfide) groups is 1. The van der Waals surface area contributed by atoms with E-state index in [0.29, 0.717) is 6.42 Å². The molecule has 0 aliphatic carbocycles. The Bertz CT molecular complexity index is 550. The molecule has 7 nitrogen and oxygen atoms in total. The summed E-state index contributed by atoms with van der Waals surface area (Å²) in [5.41, 5.74) is 0. The first-order chi connectivity index (χ1) is 12.3. The number of nitrogens with zero attached hydrogens (tertiary/aromatic N) is 1. The smallest absolute Gasteiger partial charge is 0.304 e. The van der Waals surface area contributed by atoms with Gasteiger partial charge in [-0.05, 0) is 40.5 Å². The Morgan fingerprint density at radius 3 is 2.11 bits per heavy atom. The first-order valence-electron chi connectivity index (χ1n) is 9.18. The van der Waals surface area contributed by atoms with Crippen molar-refractivity contribution in [2.75, 3.05) is 19.8 Å². The van der Waals surface area contributed by atoms with Gasteiger partial charge in [-0.1, -0.05) is 6.92 Å². The maximum Gasteiger partial charge on any atom is 0.304 e. The Morgan fingerprint density at radius 1 is 1.15 bits per heavy atom. The Morgan fingerprint density at radius 2 is 1.70 bits per heavy atom. The molecule has 0 saturated carbocycles. The zero-order chi connectivity index (χ0) is 21.4. The maximum atomic E-state index is 12.7. The second kappa shape index (κ2) is 11.3. The van der Waals surface area contributed by atoms with E-state index in [1.165, 1.54) is 23.6 Å². The van der Waals surface area contributed by atoms with E-state index in [0.717, 1.165) is 0 Å². The molecule has 0 radical (unpaired) electrons. The number of aliphatic carboxylic acids is 1. The second-order valence-electron chi connectivity index (χ2n) is 7.71. The summed E-state index contributed by atoms with van der Waals surface area (Å²) >= 11 is 1.26. The van der Waals surface area contributed by atoms with Gasteiger partial charge in [0.2, 0.25) is 11.8 Å². The number of carboxylic acids is 1. The van der Waals surface area contributed by atoms with Gasteiger partial charge in [0.1, 0.15) is 5.78 Å². The van der Waals surface area contributed by atoms with Crippen LogP contribution in [0.3, 0.4) is 0 Å². The molecule has 2 amide bonds. The van der Waals surface area contributed by atoms with E-state index in [9.17, 15) is 19.2 Å². The highest BCUT2D eigenvalue weighted by atomic mass is 32.2. The van der Waals surface area contributed by atoms with Crippen LogP contribution in [0.15, 0.2) is 0 Å². The minimum Gasteiger partial charge on any atom is -0.481 e. The Kier molecular flexibility index (Phi) is 10.7. The summed E-state index contributed by atoms with van der Waals surface area (Å²) in [5.74, 6) is -1.87. The molecule has 0 aromatic heterocycles. The van der Waals surface area contributed by atoms with E-state index in [1.807, 2.05) is 13.8 Å². The number of carboxylic acid groups (broad SMARTS) is 1. The average molecular weight is 403 g/mol. The molecule has 0 rings (SSSR count). The lowest BCUT2D eigenvalue weighted by Crippen LogP contribution is -2.41. The number of hydrogen-bond donors (Lipinski definition) is 2. The summed E-state index contributed by atoms with van der Waals surface area (Å²) < 4.78 is -0.875. The van der Waals surface area contributed by atoms with Gasteiger partial charge in [0.05, 0.1) is 11.2 Å². The van der Waals surface area contributed by atoms with Crippen molar-refractivity contribution in [1.29, 1.82) is 0 Å². The van der Waals surface area contributed by atoms with Crippen LogP contribution < -0.4 is 5.32 Å². The van der Waals surface area contributed by atoms with Crippen LogP contribution in [0.5, 0.6) is 0 Å². The molecule has 156 valence electrons. The summed E-state index contributed by atoms with van der Waals surface area (Å²) in [6.07, 6.45) is 0.549. The summed E-state index contributed by atoms with van der Waals surface area (Å²) in [7, 11) is 3.30. The highest BCUT2D eigenvalue weighted by Gasteiger charge is 2.37.